The summed E-state index contributed by atoms with van der Waals surface area (Å²) in [6.45, 7) is 4.94. The van der Waals surface area contributed by atoms with Gasteiger partial charge in [-0.3, -0.25) is 5.10 Å². The number of hydrogen-bond donors (Lipinski definition) is 2. The van der Waals surface area contributed by atoms with Crippen LogP contribution in [0.5, 0.6) is 0 Å². The minimum absolute atomic E-state index is 0.109. The Hall–Kier alpha value is -1.40. The summed E-state index contributed by atoms with van der Waals surface area (Å²) >= 11 is 5.92. The molecule has 1 unspecified atom stereocenters. The van der Waals surface area contributed by atoms with Crippen molar-refractivity contribution in [3.8, 4) is 0 Å². The zero-order valence-electron chi connectivity index (χ0n) is 10.9. The Morgan fingerprint density at radius 2 is 2.32 bits per heavy atom. The second-order valence-electron chi connectivity index (χ2n) is 5.42. The molecule has 19 heavy (non-hydrogen) atoms. The minimum Gasteiger partial charge on any atom is -0.375 e. The topological polar surface area (TPSA) is 75.7 Å². The van der Waals surface area contributed by atoms with E-state index in [1.165, 1.54) is 0 Å². The summed E-state index contributed by atoms with van der Waals surface area (Å²) in [5.41, 5.74) is 0.538. The van der Waals surface area contributed by atoms with Crippen LogP contribution in [-0.4, -0.2) is 38.4 Å². The molecule has 1 saturated heterocycles. The third-order valence-electron chi connectivity index (χ3n) is 3.32. The quantitative estimate of drug-likeness (QED) is 0.827. The molecule has 102 valence electrons. The van der Waals surface area contributed by atoms with Crippen LogP contribution in [0, 0.1) is 0 Å². The molecule has 0 spiro atoms. The van der Waals surface area contributed by atoms with Crippen molar-refractivity contribution in [2.75, 3.05) is 11.9 Å². The fourth-order valence-electron chi connectivity index (χ4n) is 2.47. The van der Waals surface area contributed by atoms with E-state index < -0.39 is 0 Å². The van der Waals surface area contributed by atoms with Crippen molar-refractivity contribution >= 4 is 28.5 Å². The summed E-state index contributed by atoms with van der Waals surface area (Å²) in [6, 6.07) is 0.313. The third-order valence-corrected chi connectivity index (χ3v) is 3.49. The summed E-state index contributed by atoms with van der Waals surface area (Å²) in [6.07, 6.45) is 3.58. The van der Waals surface area contributed by atoms with Crippen LogP contribution in [0.25, 0.3) is 11.0 Å². The van der Waals surface area contributed by atoms with E-state index in [2.05, 4.69) is 39.3 Å². The number of ether oxygens (including phenoxy) is 1. The number of nitrogens with zero attached hydrogens (tertiary/aromatic N) is 3. The maximum absolute atomic E-state index is 5.92. The highest BCUT2D eigenvalue weighted by Crippen LogP contribution is 2.28. The molecule has 0 aromatic carbocycles. The van der Waals surface area contributed by atoms with Crippen LogP contribution in [0.2, 0.25) is 5.28 Å². The van der Waals surface area contributed by atoms with Gasteiger partial charge in [0.1, 0.15) is 5.82 Å². The van der Waals surface area contributed by atoms with E-state index in [1.807, 2.05) is 0 Å². The van der Waals surface area contributed by atoms with Gasteiger partial charge in [-0.15, -0.1) is 0 Å². The molecule has 0 bridgehead atoms. The average molecular weight is 282 g/mol. The fourth-order valence-corrected chi connectivity index (χ4v) is 2.64. The molecule has 2 aromatic rings. The van der Waals surface area contributed by atoms with E-state index >= 15 is 0 Å². The molecule has 1 aliphatic heterocycles. The van der Waals surface area contributed by atoms with Gasteiger partial charge in [0.15, 0.2) is 5.65 Å². The summed E-state index contributed by atoms with van der Waals surface area (Å²) < 4.78 is 5.71. The van der Waals surface area contributed by atoms with E-state index in [4.69, 9.17) is 16.3 Å². The third kappa shape index (κ3) is 2.64. The molecule has 0 amide bonds. The number of halogens is 1. The highest BCUT2D eigenvalue weighted by Gasteiger charge is 2.29. The fraction of sp³-hybridized carbons (Fsp3) is 0.583. The van der Waals surface area contributed by atoms with Crippen LogP contribution in [-0.2, 0) is 4.74 Å². The van der Waals surface area contributed by atoms with Gasteiger partial charge in [0.05, 0.1) is 17.2 Å². The van der Waals surface area contributed by atoms with E-state index in [1.54, 1.807) is 6.20 Å². The Balaban J connectivity index is 1.86. The first-order chi connectivity index (χ1) is 9.03. The van der Waals surface area contributed by atoms with Crippen molar-refractivity contribution in [3.63, 3.8) is 0 Å². The van der Waals surface area contributed by atoms with E-state index in [0.717, 1.165) is 30.7 Å². The zero-order valence-corrected chi connectivity index (χ0v) is 11.7. The second kappa shape index (κ2) is 4.61. The average Bonchev–Trinajstić information content (AvgIpc) is 2.75. The van der Waals surface area contributed by atoms with Crippen LogP contribution >= 0.6 is 11.6 Å². The first kappa shape index (κ1) is 12.6. The molecule has 0 aliphatic carbocycles. The van der Waals surface area contributed by atoms with E-state index in [-0.39, 0.29) is 10.9 Å². The maximum atomic E-state index is 5.92. The van der Waals surface area contributed by atoms with Crippen molar-refractivity contribution in [3.05, 3.63) is 11.5 Å². The first-order valence-corrected chi connectivity index (χ1v) is 6.68. The zero-order chi connectivity index (χ0) is 13.5. The van der Waals surface area contributed by atoms with Crippen LogP contribution in [0.1, 0.15) is 26.7 Å². The van der Waals surface area contributed by atoms with Gasteiger partial charge in [-0.1, -0.05) is 0 Å². The lowest BCUT2D eigenvalue weighted by atomic mass is 9.94. The summed E-state index contributed by atoms with van der Waals surface area (Å²) in [5.74, 6) is 0.728. The number of rotatable bonds is 2. The van der Waals surface area contributed by atoms with Crippen molar-refractivity contribution in [1.82, 2.24) is 20.2 Å². The number of nitrogens with one attached hydrogen (secondary N) is 2. The molecule has 3 rings (SSSR count). The number of H-pyrrole nitrogens is 1. The maximum Gasteiger partial charge on any atom is 0.226 e. The molecule has 1 atom stereocenters. The molecular formula is C12H16ClN5O. The van der Waals surface area contributed by atoms with Gasteiger partial charge in [-0.25, -0.2) is 0 Å². The molecule has 6 nitrogen and oxygen atoms in total. The molecule has 1 aliphatic rings. The van der Waals surface area contributed by atoms with Crippen LogP contribution in [0.15, 0.2) is 6.20 Å². The molecule has 0 saturated carbocycles. The number of anilines is 1. The van der Waals surface area contributed by atoms with Crippen molar-refractivity contribution in [1.29, 1.82) is 0 Å². The van der Waals surface area contributed by atoms with Crippen LogP contribution < -0.4 is 5.32 Å². The lowest BCUT2D eigenvalue weighted by Crippen LogP contribution is -2.40. The van der Waals surface area contributed by atoms with Crippen molar-refractivity contribution in [2.24, 2.45) is 0 Å². The Morgan fingerprint density at radius 3 is 3.11 bits per heavy atom. The normalized spacial score (nSPS) is 22.6. The molecule has 2 N–H and O–H groups in total. The molecule has 7 heteroatoms. The number of hydrogen-bond acceptors (Lipinski definition) is 5. The standard InChI is InChI=1S/C12H16ClN5O/c1-12(2)5-7(3-4-19-12)15-9-8-6-14-18-10(8)17-11(13)16-9/h6-7H,3-5H2,1-2H3,(H2,14,15,16,17,18). The summed E-state index contributed by atoms with van der Waals surface area (Å²) in [7, 11) is 0. The Kier molecular flexibility index (Phi) is 3.06. The van der Waals surface area contributed by atoms with Gasteiger partial charge in [-0.05, 0) is 38.3 Å². The Bertz CT molecular complexity index is 597. The Morgan fingerprint density at radius 1 is 1.47 bits per heavy atom. The second-order valence-corrected chi connectivity index (χ2v) is 5.75. The van der Waals surface area contributed by atoms with Gasteiger partial charge in [0, 0.05) is 12.6 Å². The highest BCUT2D eigenvalue weighted by atomic mass is 35.5. The summed E-state index contributed by atoms with van der Waals surface area (Å²) in [5, 5.41) is 11.3. The largest absolute Gasteiger partial charge is 0.375 e. The molecule has 0 radical (unpaired) electrons. The molecular weight excluding hydrogens is 266 g/mol. The monoisotopic (exact) mass is 281 g/mol. The van der Waals surface area contributed by atoms with Gasteiger partial charge in [-0.2, -0.15) is 15.1 Å². The van der Waals surface area contributed by atoms with Gasteiger partial charge in [0.2, 0.25) is 5.28 Å². The van der Waals surface area contributed by atoms with Gasteiger partial charge in [0.25, 0.3) is 0 Å². The van der Waals surface area contributed by atoms with E-state index in [9.17, 15) is 0 Å². The van der Waals surface area contributed by atoms with E-state index in [0.29, 0.717) is 11.7 Å². The SMILES string of the molecule is CC1(C)CC(Nc2nc(Cl)nc3[nH]ncc23)CCO1. The smallest absolute Gasteiger partial charge is 0.226 e. The molecule has 3 heterocycles. The van der Waals surface area contributed by atoms with Gasteiger partial charge < -0.3 is 10.1 Å². The van der Waals surface area contributed by atoms with Crippen LogP contribution in [0.3, 0.4) is 0 Å². The lowest BCUT2D eigenvalue weighted by molar-refractivity contribution is -0.0553. The number of aromatic nitrogens is 4. The van der Waals surface area contributed by atoms with Crippen molar-refractivity contribution in [2.45, 2.75) is 38.3 Å². The minimum atomic E-state index is -0.109. The lowest BCUT2D eigenvalue weighted by Gasteiger charge is -2.36. The van der Waals surface area contributed by atoms with Gasteiger partial charge >= 0.3 is 0 Å². The van der Waals surface area contributed by atoms with Crippen LogP contribution in [0.4, 0.5) is 5.82 Å². The highest BCUT2D eigenvalue weighted by molar-refractivity contribution is 6.28. The predicted octanol–water partition coefficient (Wildman–Crippen LogP) is 2.38. The number of aromatic amines is 1. The first-order valence-electron chi connectivity index (χ1n) is 6.31. The predicted molar refractivity (Wildman–Crippen MR) is 73.4 cm³/mol. The molecule has 1 fully saturated rings. The number of fused-ring (bicyclic) bond motifs is 1. The Labute approximate surface area is 115 Å². The molecule has 2 aromatic heterocycles. The summed E-state index contributed by atoms with van der Waals surface area (Å²) in [4.78, 5) is 8.35. The van der Waals surface area contributed by atoms with Crippen molar-refractivity contribution < 1.29 is 4.74 Å².